The highest BCUT2D eigenvalue weighted by Gasteiger charge is 2.26. The third-order valence-corrected chi connectivity index (χ3v) is 3.68. The summed E-state index contributed by atoms with van der Waals surface area (Å²) in [7, 11) is 0. The van der Waals surface area contributed by atoms with E-state index in [1.807, 2.05) is 18.2 Å². The molecule has 0 radical (unpaired) electrons. The molecular weight excluding hydrogens is 320 g/mol. The molecule has 0 spiro atoms. The molecule has 1 aliphatic carbocycles. The highest BCUT2D eigenvalue weighted by atomic mass is 79.9. The first-order chi connectivity index (χ1) is 9.60. The van der Waals surface area contributed by atoms with Crippen LogP contribution in [0.1, 0.15) is 32.3 Å². The Bertz CT molecular complexity index is 475. The van der Waals surface area contributed by atoms with Crippen molar-refractivity contribution >= 4 is 21.8 Å². The van der Waals surface area contributed by atoms with E-state index < -0.39 is 6.10 Å². The molecule has 5 heteroatoms. The summed E-state index contributed by atoms with van der Waals surface area (Å²) >= 11 is 3.46. The van der Waals surface area contributed by atoms with Crippen molar-refractivity contribution < 1.29 is 9.53 Å². The summed E-state index contributed by atoms with van der Waals surface area (Å²) < 4.78 is 6.82. The number of benzene rings is 1. The van der Waals surface area contributed by atoms with Gasteiger partial charge >= 0.3 is 0 Å². The summed E-state index contributed by atoms with van der Waals surface area (Å²) in [4.78, 5) is 11.9. The fraction of sp³-hybridized carbons (Fsp3) is 0.533. The number of nitrogens with one attached hydrogen (secondary N) is 2. The Kier molecular flexibility index (Phi) is 5.43. The largest absolute Gasteiger partial charge is 0.481 e. The molecule has 1 amide bonds. The summed E-state index contributed by atoms with van der Waals surface area (Å²) in [6.07, 6.45) is 1.70. The first-order valence-electron chi connectivity index (χ1n) is 7.06. The zero-order valence-electron chi connectivity index (χ0n) is 11.9. The van der Waals surface area contributed by atoms with E-state index in [0.29, 0.717) is 6.04 Å². The zero-order chi connectivity index (χ0) is 14.5. The van der Waals surface area contributed by atoms with Crippen LogP contribution in [0.4, 0.5) is 0 Å². The Balaban J connectivity index is 2.00. The molecule has 1 aromatic rings. The summed E-state index contributed by atoms with van der Waals surface area (Å²) in [5.74, 6) is 0.720. The topological polar surface area (TPSA) is 50.4 Å². The number of carbonyl (C=O) groups is 1. The molecule has 0 aromatic heterocycles. The number of hydrogen-bond acceptors (Lipinski definition) is 3. The first kappa shape index (κ1) is 15.3. The van der Waals surface area contributed by atoms with Crippen molar-refractivity contribution in [1.82, 2.24) is 10.6 Å². The molecule has 0 heterocycles. The maximum Gasteiger partial charge on any atom is 0.260 e. The molecule has 20 heavy (non-hydrogen) atoms. The monoisotopic (exact) mass is 340 g/mol. The second-order valence-electron chi connectivity index (χ2n) is 5.08. The number of carbonyl (C=O) groups excluding carboxylic acids is 1. The lowest BCUT2D eigenvalue weighted by Crippen LogP contribution is -2.37. The smallest absolute Gasteiger partial charge is 0.260 e. The van der Waals surface area contributed by atoms with E-state index in [1.54, 1.807) is 6.92 Å². The summed E-state index contributed by atoms with van der Waals surface area (Å²) in [5, 5.41) is 6.23. The van der Waals surface area contributed by atoms with Gasteiger partial charge in [0.2, 0.25) is 0 Å². The Morgan fingerprint density at radius 1 is 1.50 bits per heavy atom. The lowest BCUT2D eigenvalue weighted by molar-refractivity contribution is -0.127. The van der Waals surface area contributed by atoms with Gasteiger partial charge in [-0.15, -0.1) is 0 Å². The third-order valence-electron chi connectivity index (χ3n) is 3.18. The van der Waals surface area contributed by atoms with E-state index >= 15 is 0 Å². The number of ether oxygens (including phenoxy) is 1. The molecule has 1 aromatic carbocycles. The minimum Gasteiger partial charge on any atom is -0.481 e. The van der Waals surface area contributed by atoms with Gasteiger partial charge < -0.3 is 15.4 Å². The van der Waals surface area contributed by atoms with Crippen LogP contribution in [0.25, 0.3) is 0 Å². The van der Waals surface area contributed by atoms with E-state index in [2.05, 4.69) is 33.5 Å². The molecule has 110 valence electrons. The van der Waals surface area contributed by atoms with Crippen LogP contribution in [0.5, 0.6) is 5.75 Å². The van der Waals surface area contributed by atoms with Gasteiger partial charge in [0.15, 0.2) is 6.10 Å². The third kappa shape index (κ3) is 4.49. The standard InChI is InChI=1S/C15H21BrN2O2/c1-3-17-9-11-8-12(16)4-7-14(11)20-10(2)15(19)18-13-5-6-13/h4,7-8,10,13,17H,3,5-6,9H2,1-2H3,(H,18,19). The predicted octanol–water partition coefficient (Wildman–Crippen LogP) is 2.60. The van der Waals surface area contributed by atoms with Gasteiger partial charge in [-0.3, -0.25) is 4.79 Å². The SMILES string of the molecule is CCNCc1cc(Br)ccc1OC(C)C(=O)NC1CC1. The number of amides is 1. The highest BCUT2D eigenvalue weighted by molar-refractivity contribution is 9.10. The van der Waals surface area contributed by atoms with Crippen molar-refractivity contribution in [2.75, 3.05) is 6.54 Å². The van der Waals surface area contributed by atoms with Crippen LogP contribution >= 0.6 is 15.9 Å². The number of rotatable bonds is 7. The highest BCUT2D eigenvalue weighted by Crippen LogP contribution is 2.25. The van der Waals surface area contributed by atoms with Crippen LogP contribution in [0, 0.1) is 0 Å². The molecule has 1 atom stereocenters. The van der Waals surface area contributed by atoms with Gasteiger partial charge in [-0.1, -0.05) is 22.9 Å². The Morgan fingerprint density at radius 3 is 2.90 bits per heavy atom. The second-order valence-corrected chi connectivity index (χ2v) is 5.99. The van der Waals surface area contributed by atoms with Gasteiger partial charge in [-0.05, 0) is 44.5 Å². The zero-order valence-corrected chi connectivity index (χ0v) is 13.5. The molecule has 0 saturated heterocycles. The van der Waals surface area contributed by atoms with Gasteiger partial charge in [-0.25, -0.2) is 0 Å². The van der Waals surface area contributed by atoms with Crippen molar-refractivity contribution in [3.8, 4) is 5.75 Å². The van der Waals surface area contributed by atoms with Gasteiger partial charge in [0.1, 0.15) is 5.75 Å². The average Bonchev–Trinajstić information content (AvgIpc) is 3.22. The first-order valence-corrected chi connectivity index (χ1v) is 7.85. The van der Waals surface area contributed by atoms with Crippen LogP contribution in [0.15, 0.2) is 22.7 Å². The maximum absolute atomic E-state index is 11.9. The minimum atomic E-state index is -0.475. The lowest BCUT2D eigenvalue weighted by atomic mass is 10.2. The van der Waals surface area contributed by atoms with E-state index in [-0.39, 0.29) is 5.91 Å². The van der Waals surface area contributed by atoms with Gasteiger partial charge in [0, 0.05) is 22.6 Å². The van der Waals surface area contributed by atoms with Crippen LogP contribution in [0.2, 0.25) is 0 Å². The fourth-order valence-electron chi connectivity index (χ4n) is 1.85. The molecule has 2 rings (SSSR count). The van der Waals surface area contributed by atoms with Crippen molar-refractivity contribution in [2.45, 2.75) is 45.4 Å². The normalized spacial score (nSPS) is 15.8. The van der Waals surface area contributed by atoms with Gasteiger partial charge in [0.25, 0.3) is 5.91 Å². The van der Waals surface area contributed by atoms with Crippen LogP contribution in [-0.4, -0.2) is 24.6 Å². The summed E-state index contributed by atoms with van der Waals surface area (Å²) in [6, 6.07) is 6.21. The van der Waals surface area contributed by atoms with Crippen LogP contribution < -0.4 is 15.4 Å². The quantitative estimate of drug-likeness (QED) is 0.802. The summed E-state index contributed by atoms with van der Waals surface area (Å²) in [5.41, 5.74) is 1.05. The molecule has 0 bridgehead atoms. The molecule has 2 N–H and O–H groups in total. The second kappa shape index (κ2) is 7.09. The van der Waals surface area contributed by atoms with Crippen molar-refractivity contribution in [2.24, 2.45) is 0 Å². The molecule has 0 aliphatic heterocycles. The Labute approximate surface area is 128 Å². The molecule has 1 aliphatic rings. The van der Waals surface area contributed by atoms with Crippen molar-refractivity contribution in [3.05, 3.63) is 28.2 Å². The van der Waals surface area contributed by atoms with E-state index in [4.69, 9.17) is 4.74 Å². The predicted molar refractivity (Wildman–Crippen MR) is 82.8 cm³/mol. The average molecular weight is 341 g/mol. The molecule has 1 fully saturated rings. The van der Waals surface area contributed by atoms with Gasteiger partial charge in [-0.2, -0.15) is 0 Å². The van der Waals surface area contributed by atoms with E-state index in [1.165, 1.54) is 0 Å². The Morgan fingerprint density at radius 2 is 2.25 bits per heavy atom. The van der Waals surface area contributed by atoms with Crippen molar-refractivity contribution in [3.63, 3.8) is 0 Å². The molecular formula is C15H21BrN2O2. The minimum absolute atomic E-state index is 0.0372. The number of hydrogen-bond donors (Lipinski definition) is 2. The van der Waals surface area contributed by atoms with Crippen molar-refractivity contribution in [1.29, 1.82) is 0 Å². The van der Waals surface area contributed by atoms with E-state index in [0.717, 1.165) is 41.7 Å². The summed E-state index contributed by atoms with van der Waals surface area (Å²) in [6.45, 7) is 5.47. The lowest BCUT2D eigenvalue weighted by Gasteiger charge is -2.17. The number of halogens is 1. The van der Waals surface area contributed by atoms with Gasteiger partial charge in [0.05, 0.1) is 0 Å². The maximum atomic E-state index is 11.9. The van der Waals surface area contributed by atoms with Crippen LogP contribution in [-0.2, 0) is 11.3 Å². The molecule has 1 unspecified atom stereocenters. The van der Waals surface area contributed by atoms with Crippen LogP contribution in [0.3, 0.4) is 0 Å². The fourth-order valence-corrected chi connectivity index (χ4v) is 2.26. The molecule has 4 nitrogen and oxygen atoms in total. The van der Waals surface area contributed by atoms with E-state index in [9.17, 15) is 4.79 Å². The molecule has 1 saturated carbocycles. The Hall–Kier alpha value is -1.07.